The molecule has 168 valence electrons. The van der Waals surface area contributed by atoms with Gasteiger partial charge in [-0.3, -0.25) is 14.3 Å². The van der Waals surface area contributed by atoms with Crippen molar-refractivity contribution in [1.29, 1.82) is 0 Å². The van der Waals surface area contributed by atoms with E-state index in [2.05, 4.69) is 21.9 Å². The highest BCUT2D eigenvalue weighted by Crippen LogP contribution is 2.36. The van der Waals surface area contributed by atoms with Gasteiger partial charge in [0.15, 0.2) is 5.82 Å². The van der Waals surface area contributed by atoms with Crippen molar-refractivity contribution in [2.45, 2.75) is 58.4 Å². The van der Waals surface area contributed by atoms with E-state index in [4.69, 9.17) is 5.10 Å². The molecule has 2 fully saturated rings. The molecule has 1 saturated carbocycles. The summed E-state index contributed by atoms with van der Waals surface area (Å²) in [5.41, 5.74) is 3.21. The van der Waals surface area contributed by atoms with Crippen LogP contribution in [0.2, 0.25) is 0 Å². The molecular formula is C25H31N5O2. The summed E-state index contributed by atoms with van der Waals surface area (Å²) in [7, 11) is 0. The van der Waals surface area contributed by atoms with E-state index in [1.165, 1.54) is 19.3 Å². The number of aromatic nitrogens is 3. The number of carbonyl (C=O) groups excluding carboxylic acids is 1. The first-order chi connectivity index (χ1) is 15.5. The molecule has 7 heteroatoms. The van der Waals surface area contributed by atoms with Crippen molar-refractivity contribution in [3.63, 3.8) is 0 Å². The Labute approximate surface area is 187 Å². The lowest BCUT2D eigenvalue weighted by molar-refractivity contribution is 0.0792. The molecule has 7 nitrogen and oxygen atoms in total. The van der Waals surface area contributed by atoms with Crippen molar-refractivity contribution in [2.24, 2.45) is 5.92 Å². The summed E-state index contributed by atoms with van der Waals surface area (Å²) in [5, 5.41) is 8.83. The fourth-order valence-electron chi connectivity index (χ4n) is 5.31. The minimum atomic E-state index is -0.141. The van der Waals surface area contributed by atoms with Crippen LogP contribution in [0.25, 0.3) is 10.9 Å². The fourth-order valence-corrected chi connectivity index (χ4v) is 5.31. The number of hydrogen-bond acceptors (Lipinski definition) is 4. The molecule has 1 aliphatic heterocycles. The number of carbonyl (C=O) groups is 1. The number of nitrogens with zero attached hydrogens (tertiary/aromatic N) is 3. The molecule has 32 heavy (non-hydrogen) atoms. The third-order valence-corrected chi connectivity index (χ3v) is 7.12. The van der Waals surface area contributed by atoms with E-state index in [0.29, 0.717) is 23.2 Å². The summed E-state index contributed by atoms with van der Waals surface area (Å²) in [6, 6.07) is 7.99. The molecule has 0 spiro atoms. The van der Waals surface area contributed by atoms with Crippen LogP contribution in [-0.2, 0) is 0 Å². The summed E-state index contributed by atoms with van der Waals surface area (Å²) in [4.78, 5) is 30.3. The highest BCUT2D eigenvalue weighted by molar-refractivity contribution is 5.97. The lowest BCUT2D eigenvalue weighted by atomic mass is 9.86. The van der Waals surface area contributed by atoms with Gasteiger partial charge < -0.3 is 15.2 Å². The summed E-state index contributed by atoms with van der Waals surface area (Å²) < 4.78 is 2.05. The van der Waals surface area contributed by atoms with Gasteiger partial charge in [0.2, 0.25) is 0 Å². The Morgan fingerprint density at radius 2 is 1.91 bits per heavy atom. The quantitative estimate of drug-likeness (QED) is 0.621. The van der Waals surface area contributed by atoms with Crippen LogP contribution in [0, 0.1) is 12.8 Å². The van der Waals surface area contributed by atoms with Crippen molar-refractivity contribution in [3.05, 3.63) is 51.9 Å². The van der Waals surface area contributed by atoms with E-state index in [0.717, 1.165) is 54.7 Å². The Bertz CT molecular complexity index is 1200. The van der Waals surface area contributed by atoms with Crippen LogP contribution in [0.5, 0.6) is 0 Å². The average Bonchev–Trinajstić information content (AvgIpc) is 3.43. The molecule has 1 amide bonds. The SMILES string of the molecule is Cc1cc(Nc2nn([C@H]3CCCC[C@@H]3C)c3cc[nH]c(=O)c23)ccc1C(=O)N1CCCC1. The van der Waals surface area contributed by atoms with Gasteiger partial charge in [-0.05, 0) is 68.4 Å². The van der Waals surface area contributed by atoms with Crippen LogP contribution in [0.4, 0.5) is 11.5 Å². The fraction of sp³-hybridized carbons (Fsp3) is 0.480. The van der Waals surface area contributed by atoms with Gasteiger partial charge in [-0.2, -0.15) is 5.10 Å². The number of benzene rings is 1. The number of aryl methyl sites for hydroxylation is 1. The van der Waals surface area contributed by atoms with E-state index in [9.17, 15) is 9.59 Å². The number of pyridine rings is 1. The first-order valence-electron chi connectivity index (χ1n) is 11.8. The number of H-pyrrole nitrogens is 1. The molecule has 2 atom stereocenters. The van der Waals surface area contributed by atoms with E-state index < -0.39 is 0 Å². The second kappa shape index (κ2) is 8.45. The van der Waals surface area contributed by atoms with Crippen molar-refractivity contribution in [2.75, 3.05) is 18.4 Å². The van der Waals surface area contributed by atoms with Gasteiger partial charge in [-0.1, -0.05) is 19.8 Å². The standard InChI is InChI=1S/C25H31N5O2/c1-16-7-3-4-8-20(16)30-21-11-12-26-24(31)22(21)23(28-30)27-18-9-10-19(17(2)15-18)25(32)29-13-5-6-14-29/h9-12,15-16,20H,3-8,13-14H2,1-2H3,(H,26,31)(H,27,28)/t16-,20-/m0/s1. The molecule has 1 aliphatic carbocycles. The van der Waals surface area contributed by atoms with Crippen molar-refractivity contribution in [3.8, 4) is 0 Å². The maximum Gasteiger partial charge on any atom is 0.261 e. The summed E-state index contributed by atoms with van der Waals surface area (Å²) in [6.07, 6.45) is 8.56. The van der Waals surface area contributed by atoms with Crippen LogP contribution >= 0.6 is 0 Å². The van der Waals surface area contributed by atoms with Gasteiger partial charge in [0, 0.05) is 30.5 Å². The molecule has 0 unspecified atom stereocenters. The molecule has 1 saturated heterocycles. The zero-order chi connectivity index (χ0) is 22.2. The lowest BCUT2D eigenvalue weighted by Crippen LogP contribution is -2.28. The molecule has 1 aromatic carbocycles. The zero-order valence-electron chi connectivity index (χ0n) is 18.9. The van der Waals surface area contributed by atoms with Crippen molar-refractivity contribution >= 4 is 28.3 Å². The third-order valence-electron chi connectivity index (χ3n) is 7.12. The lowest BCUT2D eigenvalue weighted by Gasteiger charge is -2.29. The molecule has 3 aromatic rings. The molecule has 0 bridgehead atoms. The topological polar surface area (TPSA) is 83.0 Å². The van der Waals surface area contributed by atoms with Gasteiger partial charge in [-0.25, -0.2) is 0 Å². The predicted octanol–water partition coefficient (Wildman–Crippen LogP) is 4.76. The summed E-state index contributed by atoms with van der Waals surface area (Å²) in [6.45, 7) is 5.91. The Hall–Kier alpha value is -3.09. The maximum absolute atomic E-state index is 12.8. The minimum absolute atomic E-state index is 0.101. The number of anilines is 2. The summed E-state index contributed by atoms with van der Waals surface area (Å²) in [5.74, 6) is 1.19. The van der Waals surface area contributed by atoms with Gasteiger partial charge in [0.25, 0.3) is 11.5 Å². The monoisotopic (exact) mass is 433 g/mol. The molecular weight excluding hydrogens is 402 g/mol. The molecule has 0 radical (unpaired) electrons. The second-order valence-electron chi connectivity index (χ2n) is 9.34. The van der Waals surface area contributed by atoms with Crippen LogP contribution in [-0.4, -0.2) is 38.7 Å². The highest BCUT2D eigenvalue weighted by atomic mass is 16.2. The smallest absolute Gasteiger partial charge is 0.261 e. The first-order valence-corrected chi connectivity index (χ1v) is 11.8. The van der Waals surface area contributed by atoms with Gasteiger partial charge in [-0.15, -0.1) is 0 Å². The number of nitrogens with one attached hydrogen (secondary N) is 2. The van der Waals surface area contributed by atoms with E-state index in [1.54, 1.807) is 6.20 Å². The Kier molecular flexibility index (Phi) is 5.49. The van der Waals surface area contributed by atoms with Crippen LogP contribution in [0.15, 0.2) is 35.3 Å². The van der Waals surface area contributed by atoms with Gasteiger partial charge in [0.1, 0.15) is 5.39 Å². The molecule has 3 heterocycles. The molecule has 2 aromatic heterocycles. The van der Waals surface area contributed by atoms with Crippen LogP contribution < -0.4 is 10.9 Å². The molecule has 5 rings (SSSR count). The Balaban J connectivity index is 1.48. The second-order valence-corrected chi connectivity index (χ2v) is 9.34. The number of hydrogen-bond donors (Lipinski definition) is 2. The third kappa shape index (κ3) is 3.70. The van der Waals surface area contributed by atoms with E-state index in [1.807, 2.05) is 36.1 Å². The van der Waals surface area contributed by atoms with Crippen molar-refractivity contribution in [1.82, 2.24) is 19.7 Å². The highest BCUT2D eigenvalue weighted by Gasteiger charge is 2.27. The number of fused-ring (bicyclic) bond motifs is 1. The van der Waals surface area contributed by atoms with Crippen LogP contribution in [0.1, 0.15) is 67.4 Å². The predicted molar refractivity (Wildman–Crippen MR) is 127 cm³/mol. The van der Waals surface area contributed by atoms with Crippen molar-refractivity contribution < 1.29 is 4.79 Å². The normalized spacial score (nSPS) is 21.2. The molecule has 2 N–H and O–H groups in total. The van der Waals surface area contributed by atoms with Gasteiger partial charge in [0.05, 0.1) is 11.6 Å². The van der Waals surface area contributed by atoms with Gasteiger partial charge >= 0.3 is 0 Å². The Morgan fingerprint density at radius 3 is 2.66 bits per heavy atom. The number of aromatic amines is 1. The minimum Gasteiger partial charge on any atom is -0.339 e. The first kappa shape index (κ1) is 20.8. The average molecular weight is 434 g/mol. The van der Waals surface area contributed by atoms with E-state index in [-0.39, 0.29) is 11.5 Å². The largest absolute Gasteiger partial charge is 0.339 e. The zero-order valence-corrected chi connectivity index (χ0v) is 18.9. The molecule has 2 aliphatic rings. The maximum atomic E-state index is 12.8. The Morgan fingerprint density at radius 1 is 1.12 bits per heavy atom. The van der Waals surface area contributed by atoms with Crippen LogP contribution in [0.3, 0.4) is 0 Å². The number of likely N-dealkylation sites (tertiary alicyclic amines) is 1. The number of rotatable bonds is 4. The van der Waals surface area contributed by atoms with E-state index >= 15 is 0 Å². The number of amides is 1. The summed E-state index contributed by atoms with van der Waals surface area (Å²) >= 11 is 0.